The fourth-order valence-corrected chi connectivity index (χ4v) is 2.40. The van der Waals surface area contributed by atoms with Gasteiger partial charge in [-0.25, -0.2) is 4.98 Å². The predicted octanol–water partition coefficient (Wildman–Crippen LogP) is 2.74. The van der Waals surface area contributed by atoms with Crippen LogP contribution in [-0.2, 0) is 13.7 Å². The summed E-state index contributed by atoms with van der Waals surface area (Å²) in [7, 11) is 3.63. The van der Waals surface area contributed by atoms with Crippen molar-refractivity contribution in [2.24, 2.45) is 7.05 Å². The highest BCUT2D eigenvalue weighted by Crippen LogP contribution is 2.31. The van der Waals surface area contributed by atoms with E-state index in [2.05, 4.69) is 4.98 Å². The first-order valence-corrected chi connectivity index (χ1v) is 6.44. The van der Waals surface area contributed by atoms with Crippen molar-refractivity contribution in [1.82, 2.24) is 9.55 Å². The molecule has 2 aromatic carbocycles. The molecule has 0 atom stereocenters. The summed E-state index contributed by atoms with van der Waals surface area (Å²) in [6, 6.07) is 13.6. The molecule has 0 spiro atoms. The number of para-hydroxylation sites is 1. The van der Waals surface area contributed by atoms with Gasteiger partial charge in [-0.05, 0) is 29.8 Å². The summed E-state index contributed by atoms with van der Waals surface area (Å²) in [5, 5.41) is 9.24. The van der Waals surface area contributed by atoms with Crippen molar-refractivity contribution in [2.75, 3.05) is 7.11 Å². The van der Waals surface area contributed by atoms with Crippen molar-refractivity contribution in [3.05, 3.63) is 48.0 Å². The van der Waals surface area contributed by atoms with Gasteiger partial charge in [0.15, 0.2) is 0 Å². The van der Waals surface area contributed by atoms with Crippen LogP contribution in [0, 0.1) is 0 Å². The van der Waals surface area contributed by atoms with Gasteiger partial charge in [-0.15, -0.1) is 0 Å². The third-order valence-electron chi connectivity index (χ3n) is 3.48. The molecule has 1 N–H and O–H groups in total. The lowest BCUT2D eigenvalue weighted by molar-refractivity contribution is 0.282. The number of ether oxygens (including phenoxy) is 1. The summed E-state index contributed by atoms with van der Waals surface area (Å²) in [5.41, 5.74) is 3.74. The second kappa shape index (κ2) is 4.98. The summed E-state index contributed by atoms with van der Waals surface area (Å²) in [5.74, 6) is 1.65. The van der Waals surface area contributed by atoms with Crippen LogP contribution in [-0.4, -0.2) is 21.8 Å². The Bertz CT molecular complexity index is 762. The van der Waals surface area contributed by atoms with Crippen molar-refractivity contribution in [3.8, 4) is 17.1 Å². The summed E-state index contributed by atoms with van der Waals surface area (Å²) in [6.45, 7) is 0.0328. The van der Waals surface area contributed by atoms with Crippen molar-refractivity contribution in [1.29, 1.82) is 0 Å². The van der Waals surface area contributed by atoms with E-state index in [0.29, 0.717) is 0 Å². The molecule has 102 valence electrons. The Kier molecular flexibility index (Phi) is 3.16. The number of benzene rings is 2. The number of nitrogens with zero attached hydrogens (tertiary/aromatic N) is 2. The average Bonchev–Trinajstić information content (AvgIpc) is 2.83. The summed E-state index contributed by atoms with van der Waals surface area (Å²) in [4.78, 5) is 4.67. The molecule has 0 aliphatic carbocycles. The lowest BCUT2D eigenvalue weighted by Crippen LogP contribution is -1.95. The maximum atomic E-state index is 9.24. The smallest absolute Gasteiger partial charge is 0.144 e. The second-order valence-corrected chi connectivity index (χ2v) is 4.68. The molecular weight excluding hydrogens is 252 g/mol. The zero-order chi connectivity index (χ0) is 14.1. The number of aromatic nitrogens is 2. The first-order chi connectivity index (χ1) is 9.74. The molecule has 20 heavy (non-hydrogen) atoms. The van der Waals surface area contributed by atoms with Crippen LogP contribution in [0.1, 0.15) is 5.56 Å². The topological polar surface area (TPSA) is 47.3 Å². The molecule has 1 heterocycles. The predicted molar refractivity (Wildman–Crippen MR) is 78.6 cm³/mol. The van der Waals surface area contributed by atoms with Crippen molar-refractivity contribution in [3.63, 3.8) is 0 Å². The number of methoxy groups -OCH3 is 1. The van der Waals surface area contributed by atoms with E-state index in [1.807, 2.05) is 54.1 Å². The molecule has 0 unspecified atom stereocenters. The lowest BCUT2D eigenvalue weighted by atomic mass is 10.2. The zero-order valence-corrected chi connectivity index (χ0v) is 11.5. The van der Waals surface area contributed by atoms with Gasteiger partial charge in [-0.2, -0.15) is 0 Å². The third-order valence-corrected chi connectivity index (χ3v) is 3.48. The molecule has 3 rings (SSSR count). The quantitative estimate of drug-likeness (QED) is 0.794. The van der Waals surface area contributed by atoms with Gasteiger partial charge in [-0.1, -0.05) is 18.2 Å². The fourth-order valence-electron chi connectivity index (χ4n) is 2.40. The van der Waals surface area contributed by atoms with E-state index < -0.39 is 0 Å². The zero-order valence-electron chi connectivity index (χ0n) is 11.5. The lowest BCUT2D eigenvalue weighted by Gasteiger charge is -2.08. The molecule has 0 bridgehead atoms. The minimum absolute atomic E-state index is 0.0328. The first-order valence-electron chi connectivity index (χ1n) is 6.44. The number of hydrogen-bond donors (Lipinski definition) is 1. The molecule has 0 fully saturated rings. The van der Waals surface area contributed by atoms with E-state index in [1.54, 1.807) is 7.11 Å². The van der Waals surface area contributed by atoms with Crippen LogP contribution in [0.25, 0.3) is 22.4 Å². The van der Waals surface area contributed by atoms with Gasteiger partial charge in [0.1, 0.15) is 11.6 Å². The monoisotopic (exact) mass is 268 g/mol. The van der Waals surface area contributed by atoms with Crippen LogP contribution >= 0.6 is 0 Å². The Labute approximate surface area is 117 Å². The Morgan fingerprint density at radius 1 is 1.20 bits per heavy atom. The molecule has 0 saturated carbocycles. The molecule has 4 heteroatoms. The fraction of sp³-hybridized carbons (Fsp3) is 0.188. The Morgan fingerprint density at radius 3 is 2.75 bits per heavy atom. The highest BCUT2D eigenvalue weighted by Gasteiger charge is 2.13. The van der Waals surface area contributed by atoms with E-state index >= 15 is 0 Å². The molecule has 3 aromatic rings. The number of rotatable bonds is 3. The van der Waals surface area contributed by atoms with Gasteiger partial charge in [0.05, 0.1) is 30.3 Å². The maximum absolute atomic E-state index is 9.24. The summed E-state index contributed by atoms with van der Waals surface area (Å²) in [6.07, 6.45) is 0. The van der Waals surface area contributed by atoms with E-state index in [-0.39, 0.29) is 6.61 Å². The maximum Gasteiger partial charge on any atom is 0.144 e. The molecule has 1 aromatic heterocycles. The van der Waals surface area contributed by atoms with Crippen molar-refractivity contribution in [2.45, 2.75) is 6.61 Å². The van der Waals surface area contributed by atoms with Gasteiger partial charge < -0.3 is 14.4 Å². The minimum Gasteiger partial charge on any atom is -0.496 e. The molecular formula is C16H16N2O2. The second-order valence-electron chi connectivity index (χ2n) is 4.68. The number of hydrogen-bond acceptors (Lipinski definition) is 3. The van der Waals surface area contributed by atoms with Gasteiger partial charge in [-0.3, -0.25) is 0 Å². The molecule has 0 amide bonds. The molecule has 4 nitrogen and oxygen atoms in total. The minimum atomic E-state index is 0.0328. The third kappa shape index (κ3) is 1.94. The molecule has 0 radical (unpaired) electrons. The number of imidazole rings is 1. The van der Waals surface area contributed by atoms with Gasteiger partial charge in [0.2, 0.25) is 0 Å². The highest BCUT2D eigenvalue weighted by atomic mass is 16.5. The number of aryl methyl sites for hydroxylation is 1. The Balaban J connectivity index is 2.24. The van der Waals surface area contributed by atoms with Crippen LogP contribution in [0.15, 0.2) is 42.5 Å². The first kappa shape index (κ1) is 12.7. The standard InChI is InChI=1S/C16H16N2O2/c1-18-14-9-11(10-19)7-8-13(14)17-16(18)12-5-3-4-6-15(12)20-2/h3-9,19H,10H2,1-2H3. The SMILES string of the molecule is COc1ccccc1-c1nc2ccc(CO)cc2n1C. The van der Waals surface area contributed by atoms with Crippen LogP contribution < -0.4 is 4.74 Å². The van der Waals surface area contributed by atoms with Gasteiger partial charge in [0.25, 0.3) is 0 Å². The van der Waals surface area contributed by atoms with E-state index in [0.717, 1.165) is 33.7 Å². The van der Waals surface area contributed by atoms with Crippen molar-refractivity contribution < 1.29 is 9.84 Å². The Morgan fingerprint density at radius 2 is 2.00 bits per heavy atom. The van der Waals surface area contributed by atoms with E-state index in [1.165, 1.54) is 0 Å². The van der Waals surface area contributed by atoms with Crippen molar-refractivity contribution >= 4 is 11.0 Å². The summed E-state index contributed by atoms with van der Waals surface area (Å²) >= 11 is 0. The number of fused-ring (bicyclic) bond motifs is 1. The van der Waals surface area contributed by atoms with Gasteiger partial charge in [0, 0.05) is 7.05 Å². The molecule has 0 aliphatic heterocycles. The average molecular weight is 268 g/mol. The number of aliphatic hydroxyl groups excluding tert-OH is 1. The Hall–Kier alpha value is -2.33. The molecule has 0 saturated heterocycles. The van der Waals surface area contributed by atoms with Crippen LogP contribution in [0.3, 0.4) is 0 Å². The van der Waals surface area contributed by atoms with Crippen LogP contribution in [0.2, 0.25) is 0 Å². The largest absolute Gasteiger partial charge is 0.496 e. The van der Waals surface area contributed by atoms with Crippen LogP contribution in [0.5, 0.6) is 5.75 Å². The molecule has 0 aliphatic rings. The van der Waals surface area contributed by atoms with Gasteiger partial charge >= 0.3 is 0 Å². The van der Waals surface area contributed by atoms with E-state index in [9.17, 15) is 5.11 Å². The normalized spacial score (nSPS) is 10.9. The number of aliphatic hydroxyl groups is 1. The van der Waals surface area contributed by atoms with E-state index in [4.69, 9.17) is 4.74 Å². The summed E-state index contributed by atoms with van der Waals surface area (Å²) < 4.78 is 7.42. The van der Waals surface area contributed by atoms with Crippen LogP contribution in [0.4, 0.5) is 0 Å². The highest BCUT2D eigenvalue weighted by molar-refractivity contribution is 5.82.